The lowest BCUT2D eigenvalue weighted by molar-refractivity contribution is -0.185. The van der Waals surface area contributed by atoms with Gasteiger partial charge in [0.1, 0.15) is 5.75 Å². The fraction of sp³-hybridized carbons (Fsp3) is 0.581. The second-order valence-electron chi connectivity index (χ2n) is 11.6. The van der Waals surface area contributed by atoms with Crippen molar-refractivity contribution in [1.29, 1.82) is 0 Å². The molecule has 5 heteroatoms. The molecule has 36 heavy (non-hydrogen) atoms. The molecule has 4 aliphatic carbocycles. The lowest BCUT2D eigenvalue weighted by Gasteiger charge is -2.58. The van der Waals surface area contributed by atoms with E-state index in [4.69, 9.17) is 9.47 Å². The van der Waals surface area contributed by atoms with Crippen LogP contribution in [0.4, 0.5) is 0 Å². The van der Waals surface area contributed by atoms with Crippen molar-refractivity contribution in [2.75, 3.05) is 7.11 Å². The van der Waals surface area contributed by atoms with Crippen LogP contribution in [-0.2, 0) is 19.1 Å². The second kappa shape index (κ2) is 9.64. The van der Waals surface area contributed by atoms with Gasteiger partial charge in [-0.2, -0.15) is 0 Å². The maximum atomic E-state index is 12.8. The van der Waals surface area contributed by atoms with Crippen LogP contribution in [0.2, 0.25) is 0 Å². The molecule has 5 nitrogen and oxygen atoms in total. The van der Waals surface area contributed by atoms with E-state index in [9.17, 15) is 14.4 Å². The predicted octanol–water partition coefficient (Wildman–Crippen LogP) is 6.27. The van der Waals surface area contributed by atoms with Crippen LogP contribution in [0.15, 0.2) is 53.6 Å². The summed E-state index contributed by atoms with van der Waals surface area (Å²) < 4.78 is 10.7. The van der Waals surface area contributed by atoms with Crippen molar-refractivity contribution < 1.29 is 23.9 Å². The molecule has 4 aliphatic rings. The van der Waals surface area contributed by atoms with Crippen LogP contribution >= 0.6 is 0 Å². The van der Waals surface area contributed by atoms with Gasteiger partial charge >= 0.3 is 5.97 Å². The van der Waals surface area contributed by atoms with Crippen molar-refractivity contribution in [2.24, 2.45) is 28.6 Å². The molecule has 1 aromatic carbocycles. The van der Waals surface area contributed by atoms with Crippen molar-refractivity contribution in [3.8, 4) is 5.75 Å². The zero-order valence-corrected chi connectivity index (χ0v) is 22.6. The SMILES string of the molecule is CC(=O)O[C@]1(C(C)=O)CC[C@H]2[C@@H]3C=C(C)C4=CC(=O)CC[C@]4(C)[C@H]3CC[C@@]21C.COc1ccccc1. The molecule has 0 aliphatic heterocycles. The monoisotopic (exact) mass is 492 g/mol. The lowest BCUT2D eigenvalue weighted by atomic mass is 9.47. The molecule has 0 saturated heterocycles. The summed E-state index contributed by atoms with van der Waals surface area (Å²) in [4.78, 5) is 36.8. The van der Waals surface area contributed by atoms with Gasteiger partial charge in [-0.15, -0.1) is 0 Å². The highest BCUT2D eigenvalue weighted by Crippen LogP contribution is 2.67. The first-order valence-electron chi connectivity index (χ1n) is 13.2. The van der Waals surface area contributed by atoms with Gasteiger partial charge < -0.3 is 9.47 Å². The Labute approximate surface area is 215 Å². The zero-order chi connectivity index (χ0) is 26.3. The summed E-state index contributed by atoms with van der Waals surface area (Å²) in [5, 5.41) is 0. The number of ether oxygens (including phenoxy) is 2. The number of carbonyl (C=O) groups excluding carboxylic acids is 3. The summed E-state index contributed by atoms with van der Waals surface area (Å²) >= 11 is 0. The zero-order valence-electron chi connectivity index (χ0n) is 22.6. The molecule has 1 aromatic rings. The summed E-state index contributed by atoms with van der Waals surface area (Å²) in [5.74, 6) is 1.94. The van der Waals surface area contributed by atoms with Crippen molar-refractivity contribution in [3.05, 3.63) is 53.6 Å². The summed E-state index contributed by atoms with van der Waals surface area (Å²) in [5.41, 5.74) is 1.15. The van der Waals surface area contributed by atoms with Gasteiger partial charge in [-0.25, -0.2) is 0 Å². The van der Waals surface area contributed by atoms with Crippen LogP contribution in [-0.4, -0.2) is 30.2 Å². The van der Waals surface area contributed by atoms with E-state index < -0.39 is 5.60 Å². The van der Waals surface area contributed by atoms with E-state index in [0.29, 0.717) is 30.6 Å². The highest BCUT2D eigenvalue weighted by atomic mass is 16.6. The Hall–Kier alpha value is -2.69. The number of hydrogen-bond donors (Lipinski definition) is 0. The number of hydrogen-bond acceptors (Lipinski definition) is 5. The largest absolute Gasteiger partial charge is 0.497 e. The van der Waals surface area contributed by atoms with Gasteiger partial charge in [0, 0.05) is 18.8 Å². The van der Waals surface area contributed by atoms with E-state index in [1.54, 1.807) is 14.0 Å². The number of rotatable bonds is 3. The molecule has 0 N–H and O–H groups in total. The molecule has 0 spiro atoms. The van der Waals surface area contributed by atoms with E-state index >= 15 is 0 Å². The Balaban J connectivity index is 0.000000325. The number of benzene rings is 1. The number of ketones is 2. The molecule has 194 valence electrons. The number of fused-ring (bicyclic) bond motifs is 5. The Kier molecular flexibility index (Phi) is 7.07. The number of para-hydroxylation sites is 1. The molecular weight excluding hydrogens is 452 g/mol. The quantitative estimate of drug-likeness (QED) is 0.465. The van der Waals surface area contributed by atoms with Crippen LogP contribution in [0.1, 0.15) is 73.1 Å². The number of Topliss-reactive ketones (excluding diaryl/α,β-unsaturated/α-hetero) is 1. The van der Waals surface area contributed by atoms with Crippen molar-refractivity contribution >= 4 is 17.5 Å². The third kappa shape index (κ3) is 4.14. The molecular formula is C31H40O5. The summed E-state index contributed by atoms with van der Waals surface area (Å²) in [6, 6.07) is 9.68. The molecule has 2 fully saturated rings. The lowest BCUT2D eigenvalue weighted by Crippen LogP contribution is -2.58. The van der Waals surface area contributed by atoms with Crippen LogP contribution in [0.5, 0.6) is 5.75 Å². The van der Waals surface area contributed by atoms with E-state index in [0.717, 1.165) is 31.4 Å². The number of carbonyl (C=O) groups is 3. The fourth-order valence-corrected chi connectivity index (χ4v) is 8.03. The molecule has 0 aromatic heterocycles. The average Bonchev–Trinajstić information content (AvgIpc) is 3.14. The van der Waals surface area contributed by atoms with Crippen LogP contribution in [0.25, 0.3) is 0 Å². The third-order valence-electron chi connectivity index (χ3n) is 9.81. The minimum atomic E-state index is -0.990. The minimum absolute atomic E-state index is 0.0160. The number of methoxy groups -OCH3 is 1. The van der Waals surface area contributed by atoms with Gasteiger partial charge in [0.25, 0.3) is 0 Å². The first-order valence-corrected chi connectivity index (χ1v) is 13.2. The first-order chi connectivity index (χ1) is 17.0. The molecule has 6 atom stereocenters. The average molecular weight is 493 g/mol. The fourth-order valence-electron chi connectivity index (χ4n) is 8.03. The van der Waals surface area contributed by atoms with E-state index in [2.05, 4.69) is 26.8 Å². The Morgan fingerprint density at radius 1 is 0.972 bits per heavy atom. The van der Waals surface area contributed by atoms with Crippen molar-refractivity contribution in [1.82, 2.24) is 0 Å². The molecule has 0 amide bonds. The van der Waals surface area contributed by atoms with Gasteiger partial charge in [-0.05, 0) is 92.9 Å². The standard InChI is InChI=1S/C24H32O4.C7H8O/c1-14-12-18-19(22(4)9-6-17(27)13-21(14)22)7-10-23(5)20(18)8-11-24(23,15(2)25)28-16(3)26;1-8-7-5-3-2-4-6-7/h12-13,18-20H,6-11H2,1-5H3;2-6H,1H3/t18-,19+,20+,22-,23+,24+;/m1./s1. The molecule has 0 bridgehead atoms. The number of allylic oxidation sites excluding steroid dienone is 4. The van der Waals surface area contributed by atoms with Crippen molar-refractivity contribution in [3.63, 3.8) is 0 Å². The Morgan fingerprint density at radius 3 is 2.22 bits per heavy atom. The smallest absolute Gasteiger partial charge is 0.303 e. The summed E-state index contributed by atoms with van der Waals surface area (Å²) in [6.07, 6.45) is 9.20. The maximum absolute atomic E-state index is 12.8. The molecule has 5 rings (SSSR count). The predicted molar refractivity (Wildman–Crippen MR) is 139 cm³/mol. The summed E-state index contributed by atoms with van der Waals surface area (Å²) in [6.45, 7) is 9.63. The Bertz CT molecular complexity index is 1100. The van der Waals surface area contributed by atoms with E-state index in [1.807, 2.05) is 36.4 Å². The van der Waals surface area contributed by atoms with Gasteiger partial charge in [0.2, 0.25) is 0 Å². The third-order valence-corrected chi connectivity index (χ3v) is 9.81. The number of esters is 1. The Morgan fingerprint density at radius 2 is 1.64 bits per heavy atom. The highest BCUT2D eigenvalue weighted by Gasteiger charge is 2.67. The minimum Gasteiger partial charge on any atom is -0.497 e. The van der Waals surface area contributed by atoms with E-state index in [1.165, 1.54) is 18.1 Å². The van der Waals surface area contributed by atoms with Gasteiger partial charge in [-0.1, -0.05) is 43.7 Å². The van der Waals surface area contributed by atoms with E-state index in [-0.39, 0.29) is 28.4 Å². The van der Waals surface area contributed by atoms with Crippen LogP contribution in [0, 0.1) is 28.6 Å². The maximum Gasteiger partial charge on any atom is 0.303 e. The topological polar surface area (TPSA) is 69.7 Å². The highest BCUT2D eigenvalue weighted by molar-refractivity contribution is 5.92. The summed E-state index contributed by atoms with van der Waals surface area (Å²) in [7, 11) is 1.66. The van der Waals surface area contributed by atoms with Gasteiger partial charge in [0.05, 0.1) is 7.11 Å². The van der Waals surface area contributed by atoms with Gasteiger partial charge in [-0.3, -0.25) is 14.4 Å². The second-order valence-corrected chi connectivity index (χ2v) is 11.6. The molecule has 0 heterocycles. The van der Waals surface area contributed by atoms with Crippen molar-refractivity contribution in [2.45, 2.75) is 78.7 Å². The molecule has 2 saturated carbocycles. The van der Waals surface area contributed by atoms with Crippen LogP contribution in [0.3, 0.4) is 0 Å². The van der Waals surface area contributed by atoms with Crippen LogP contribution < -0.4 is 4.74 Å². The molecule has 0 unspecified atom stereocenters. The first kappa shape index (κ1) is 26.4. The normalized spacial score (nSPS) is 36.6. The molecule has 0 radical (unpaired) electrons. The van der Waals surface area contributed by atoms with Gasteiger partial charge in [0.15, 0.2) is 17.2 Å².